The highest BCUT2D eigenvalue weighted by molar-refractivity contribution is 5.81. The molecule has 0 saturated carbocycles. The Hall–Kier alpha value is -1.51. The van der Waals surface area contributed by atoms with Gasteiger partial charge in [-0.05, 0) is 43.4 Å². The van der Waals surface area contributed by atoms with Crippen molar-refractivity contribution in [3.05, 3.63) is 29.3 Å². The molecule has 1 unspecified atom stereocenters. The first-order chi connectivity index (χ1) is 8.93. The predicted molar refractivity (Wildman–Crippen MR) is 78.5 cm³/mol. The predicted octanol–water partition coefficient (Wildman–Crippen LogP) is 3.23. The van der Waals surface area contributed by atoms with E-state index in [4.69, 9.17) is 4.74 Å². The molecule has 0 aliphatic carbocycles. The number of amides is 1. The summed E-state index contributed by atoms with van der Waals surface area (Å²) in [5.41, 5.74) is 2.19. The van der Waals surface area contributed by atoms with Crippen LogP contribution in [0, 0.1) is 19.8 Å². The Labute approximate surface area is 116 Å². The molecule has 0 aliphatic heterocycles. The van der Waals surface area contributed by atoms with Gasteiger partial charge in [0.25, 0.3) is 5.91 Å². The van der Waals surface area contributed by atoms with Crippen LogP contribution in [0.5, 0.6) is 5.75 Å². The number of carbonyl (C=O) groups is 1. The molecule has 0 aromatic heterocycles. The molecule has 3 nitrogen and oxygen atoms in total. The van der Waals surface area contributed by atoms with Crippen molar-refractivity contribution in [3.8, 4) is 5.75 Å². The Morgan fingerprint density at radius 2 is 2.00 bits per heavy atom. The maximum atomic E-state index is 12.0. The summed E-state index contributed by atoms with van der Waals surface area (Å²) >= 11 is 0. The molecule has 1 rings (SSSR count). The normalized spacial score (nSPS) is 12.3. The molecular weight excluding hydrogens is 238 g/mol. The largest absolute Gasteiger partial charge is 0.480 e. The number of hydrogen-bond acceptors (Lipinski definition) is 2. The maximum absolute atomic E-state index is 12.0. The molecule has 0 spiro atoms. The summed E-state index contributed by atoms with van der Waals surface area (Å²) in [6, 6.07) is 6.04. The Bertz CT molecular complexity index is 427. The van der Waals surface area contributed by atoms with E-state index in [1.165, 1.54) is 0 Å². The molecule has 1 aromatic carbocycles. The van der Waals surface area contributed by atoms with Gasteiger partial charge >= 0.3 is 0 Å². The van der Waals surface area contributed by atoms with E-state index in [1.807, 2.05) is 39.0 Å². The lowest BCUT2D eigenvalue weighted by atomic mass is 10.1. The average Bonchev–Trinajstić information content (AvgIpc) is 2.36. The number of rotatable bonds is 6. The van der Waals surface area contributed by atoms with Crippen molar-refractivity contribution >= 4 is 5.91 Å². The lowest BCUT2D eigenvalue weighted by Crippen LogP contribution is -2.39. The number of hydrogen-bond donors (Lipinski definition) is 1. The summed E-state index contributed by atoms with van der Waals surface area (Å²) in [6.45, 7) is 10.8. The summed E-state index contributed by atoms with van der Waals surface area (Å²) in [7, 11) is 0. The van der Waals surface area contributed by atoms with E-state index in [1.54, 1.807) is 0 Å². The zero-order chi connectivity index (χ0) is 14.4. The molecule has 0 heterocycles. The Balaban J connectivity index is 2.70. The molecule has 3 heteroatoms. The third-order valence-corrected chi connectivity index (χ3v) is 2.96. The molecule has 0 radical (unpaired) electrons. The second-order valence-corrected chi connectivity index (χ2v) is 5.42. The quantitative estimate of drug-likeness (QED) is 0.855. The zero-order valence-corrected chi connectivity index (χ0v) is 12.6. The van der Waals surface area contributed by atoms with Crippen LogP contribution in [0.1, 0.15) is 38.3 Å². The molecule has 1 aromatic rings. The molecule has 1 atom stereocenters. The lowest BCUT2D eigenvalue weighted by Gasteiger charge is -2.19. The fourth-order valence-corrected chi connectivity index (χ4v) is 1.73. The van der Waals surface area contributed by atoms with Crippen molar-refractivity contribution in [2.75, 3.05) is 6.54 Å². The van der Waals surface area contributed by atoms with Crippen LogP contribution in [0.25, 0.3) is 0 Å². The first-order valence-corrected chi connectivity index (χ1v) is 6.95. The van der Waals surface area contributed by atoms with Crippen LogP contribution in [0.15, 0.2) is 18.2 Å². The van der Waals surface area contributed by atoms with Crippen LogP contribution in [-0.2, 0) is 4.79 Å². The Kier molecular flexibility index (Phi) is 5.87. The average molecular weight is 263 g/mol. The van der Waals surface area contributed by atoms with Crippen molar-refractivity contribution < 1.29 is 9.53 Å². The van der Waals surface area contributed by atoms with Gasteiger partial charge in [0.05, 0.1) is 0 Å². The lowest BCUT2D eigenvalue weighted by molar-refractivity contribution is -0.128. The minimum Gasteiger partial charge on any atom is -0.480 e. The van der Waals surface area contributed by atoms with Crippen molar-refractivity contribution in [2.24, 2.45) is 5.92 Å². The number of benzene rings is 1. The number of ether oxygens (including phenoxy) is 1. The third-order valence-electron chi connectivity index (χ3n) is 2.96. The Morgan fingerprint density at radius 3 is 2.58 bits per heavy atom. The highest BCUT2D eigenvalue weighted by Crippen LogP contribution is 2.21. The molecule has 1 N–H and O–H groups in total. The summed E-state index contributed by atoms with van der Waals surface area (Å²) in [6.07, 6.45) is 0.247. The van der Waals surface area contributed by atoms with Gasteiger partial charge in [0.1, 0.15) is 5.75 Å². The first-order valence-electron chi connectivity index (χ1n) is 6.95. The molecule has 106 valence electrons. The van der Waals surface area contributed by atoms with Gasteiger partial charge in [-0.25, -0.2) is 0 Å². The molecular formula is C16H25NO2. The summed E-state index contributed by atoms with van der Waals surface area (Å²) in [5.74, 6) is 1.21. The SMILES string of the molecule is CCC(Oc1cc(C)ccc1C)C(=O)NCC(C)C. The van der Waals surface area contributed by atoms with E-state index in [9.17, 15) is 4.79 Å². The summed E-state index contributed by atoms with van der Waals surface area (Å²) < 4.78 is 5.86. The summed E-state index contributed by atoms with van der Waals surface area (Å²) in [4.78, 5) is 12.0. The molecule has 1 amide bonds. The molecule has 0 saturated heterocycles. The first kappa shape index (κ1) is 15.5. The van der Waals surface area contributed by atoms with Crippen molar-refractivity contribution in [1.82, 2.24) is 5.32 Å². The van der Waals surface area contributed by atoms with Crippen LogP contribution in [0.3, 0.4) is 0 Å². The van der Waals surface area contributed by atoms with Crippen molar-refractivity contribution in [1.29, 1.82) is 0 Å². The standard InChI is InChI=1S/C16H25NO2/c1-6-14(16(18)17-10-11(2)3)19-15-9-12(4)7-8-13(15)5/h7-9,11,14H,6,10H2,1-5H3,(H,17,18). The van der Waals surface area contributed by atoms with Gasteiger partial charge in [0.2, 0.25) is 0 Å². The van der Waals surface area contributed by atoms with E-state index in [-0.39, 0.29) is 5.91 Å². The number of nitrogens with one attached hydrogen (secondary N) is 1. The fourth-order valence-electron chi connectivity index (χ4n) is 1.73. The van der Waals surface area contributed by atoms with Crippen LogP contribution in [0.4, 0.5) is 0 Å². The number of aryl methyl sites for hydroxylation is 2. The fraction of sp³-hybridized carbons (Fsp3) is 0.562. The van der Waals surface area contributed by atoms with E-state index >= 15 is 0 Å². The van der Waals surface area contributed by atoms with Gasteiger partial charge in [0, 0.05) is 6.54 Å². The van der Waals surface area contributed by atoms with E-state index in [0.29, 0.717) is 18.9 Å². The van der Waals surface area contributed by atoms with Crippen LogP contribution < -0.4 is 10.1 Å². The highest BCUT2D eigenvalue weighted by Gasteiger charge is 2.19. The minimum atomic E-state index is -0.417. The van der Waals surface area contributed by atoms with Crippen molar-refractivity contribution in [2.45, 2.75) is 47.1 Å². The van der Waals surface area contributed by atoms with Gasteiger partial charge in [0.15, 0.2) is 6.10 Å². The van der Waals surface area contributed by atoms with Crippen molar-refractivity contribution in [3.63, 3.8) is 0 Å². The van der Waals surface area contributed by atoms with E-state index in [0.717, 1.165) is 16.9 Å². The smallest absolute Gasteiger partial charge is 0.261 e. The second kappa shape index (κ2) is 7.17. The number of carbonyl (C=O) groups excluding carboxylic acids is 1. The molecule has 19 heavy (non-hydrogen) atoms. The monoisotopic (exact) mass is 263 g/mol. The van der Waals surface area contributed by atoms with Crippen LogP contribution in [0.2, 0.25) is 0 Å². The van der Waals surface area contributed by atoms with Crippen LogP contribution in [-0.4, -0.2) is 18.6 Å². The Morgan fingerprint density at radius 1 is 1.32 bits per heavy atom. The molecule has 0 aliphatic rings. The third kappa shape index (κ3) is 4.93. The van der Waals surface area contributed by atoms with Gasteiger partial charge in [-0.3, -0.25) is 4.79 Å². The van der Waals surface area contributed by atoms with Gasteiger partial charge in [-0.15, -0.1) is 0 Å². The minimum absolute atomic E-state index is 0.0305. The van der Waals surface area contributed by atoms with Gasteiger partial charge in [-0.2, -0.15) is 0 Å². The molecule has 0 bridgehead atoms. The second-order valence-electron chi connectivity index (χ2n) is 5.42. The van der Waals surface area contributed by atoms with Gasteiger partial charge < -0.3 is 10.1 Å². The highest BCUT2D eigenvalue weighted by atomic mass is 16.5. The van der Waals surface area contributed by atoms with E-state index < -0.39 is 6.10 Å². The van der Waals surface area contributed by atoms with Crippen LogP contribution >= 0.6 is 0 Å². The van der Waals surface area contributed by atoms with E-state index in [2.05, 4.69) is 19.2 Å². The summed E-state index contributed by atoms with van der Waals surface area (Å²) in [5, 5.41) is 2.92. The van der Waals surface area contributed by atoms with Gasteiger partial charge in [-0.1, -0.05) is 32.9 Å². The molecule has 0 fully saturated rings. The zero-order valence-electron chi connectivity index (χ0n) is 12.6. The maximum Gasteiger partial charge on any atom is 0.261 e. The topological polar surface area (TPSA) is 38.3 Å².